The number of para-hydroxylation sites is 1. The third-order valence-electron chi connectivity index (χ3n) is 3.93. The largest absolute Gasteiger partial charge is 0.481 e. The van der Waals surface area contributed by atoms with Gasteiger partial charge < -0.3 is 10.0 Å². The van der Waals surface area contributed by atoms with Crippen molar-refractivity contribution in [3.8, 4) is 0 Å². The standard InChI is InChI=1S/C15H21NO2/c1-3-12-7-4-5-8-13(12)16-10-6-9-15(2,11-16)14(17)18/h4-5,7-8H,3,6,9-11H2,1-2H3,(H,17,18). The molecule has 0 saturated carbocycles. The molecule has 1 aromatic rings. The summed E-state index contributed by atoms with van der Waals surface area (Å²) in [5.41, 5.74) is 1.89. The third-order valence-corrected chi connectivity index (χ3v) is 3.93. The summed E-state index contributed by atoms with van der Waals surface area (Å²) >= 11 is 0. The number of hydrogen-bond acceptors (Lipinski definition) is 2. The molecule has 1 fully saturated rings. The molecule has 0 amide bonds. The van der Waals surface area contributed by atoms with Crippen molar-refractivity contribution in [2.75, 3.05) is 18.0 Å². The van der Waals surface area contributed by atoms with Gasteiger partial charge in [-0.2, -0.15) is 0 Å². The van der Waals surface area contributed by atoms with Crippen LogP contribution in [-0.2, 0) is 11.2 Å². The van der Waals surface area contributed by atoms with E-state index in [9.17, 15) is 9.90 Å². The lowest BCUT2D eigenvalue weighted by Gasteiger charge is -2.39. The van der Waals surface area contributed by atoms with E-state index in [0.29, 0.717) is 6.54 Å². The highest BCUT2D eigenvalue weighted by Gasteiger charge is 2.38. The van der Waals surface area contributed by atoms with Gasteiger partial charge in [0.05, 0.1) is 5.41 Å². The highest BCUT2D eigenvalue weighted by Crippen LogP contribution is 2.33. The third kappa shape index (κ3) is 2.35. The van der Waals surface area contributed by atoms with Gasteiger partial charge in [0.15, 0.2) is 0 Å². The van der Waals surface area contributed by atoms with Gasteiger partial charge in [-0.3, -0.25) is 4.79 Å². The number of aryl methyl sites for hydroxylation is 1. The lowest BCUT2D eigenvalue weighted by atomic mass is 9.81. The first-order chi connectivity index (χ1) is 8.57. The van der Waals surface area contributed by atoms with E-state index in [2.05, 4.69) is 24.0 Å². The van der Waals surface area contributed by atoms with Crippen LogP contribution in [0.4, 0.5) is 5.69 Å². The second-order valence-electron chi connectivity index (χ2n) is 5.37. The van der Waals surface area contributed by atoms with Crippen LogP contribution in [-0.4, -0.2) is 24.2 Å². The van der Waals surface area contributed by atoms with Gasteiger partial charge in [-0.1, -0.05) is 25.1 Å². The predicted molar refractivity (Wildman–Crippen MR) is 73.0 cm³/mol. The van der Waals surface area contributed by atoms with Crippen molar-refractivity contribution in [3.05, 3.63) is 29.8 Å². The minimum absolute atomic E-state index is 0.610. The number of carbonyl (C=O) groups is 1. The fraction of sp³-hybridized carbons (Fsp3) is 0.533. The Labute approximate surface area is 108 Å². The van der Waals surface area contributed by atoms with Crippen LogP contribution >= 0.6 is 0 Å². The van der Waals surface area contributed by atoms with E-state index in [-0.39, 0.29) is 0 Å². The maximum Gasteiger partial charge on any atom is 0.311 e. The molecule has 0 bridgehead atoms. The molecule has 1 aliphatic heterocycles. The summed E-state index contributed by atoms with van der Waals surface area (Å²) in [5.74, 6) is -0.679. The molecule has 1 N–H and O–H groups in total. The highest BCUT2D eigenvalue weighted by atomic mass is 16.4. The average Bonchev–Trinajstić information content (AvgIpc) is 2.38. The molecular formula is C15H21NO2. The Morgan fingerprint density at radius 1 is 1.44 bits per heavy atom. The number of rotatable bonds is 3. The first kappa shape index (κ1) is 12.9. The van der Waals surface area contributed by atoms with Gasteiger partial charge >= 0.3 is 5.97 Å². The molecule has 18 heavy (non-hydrogen) atoms. The van der Waals surface area contributed by atoms with Crippen LogP contribution in [0.3, 0.4) is 0 Å². The first-order valence-corrected chi connectivity index (χ1v) is 6.63. The van der Waals surface area contributed by atoms with Gasteiger partial charge in [-0.05, 0) is 37.8 Å². The Balaban J connectivity index is 2.26. The lowest BCUT2D eigenvalue weighted by Crippen LogP contribution is -2.46. The summed E-state index contributed by atoms with van der Waals surface area (Å²) in [6, 6.07) is 8.30. The van der Waals surface area contributed by atoms with E-state index < -0.39 is 11.4 Å². The molecule has 3 nitrogen and oxygen atoms in total. The Morgan fingerprint density at radius 3 is 2.83 bits per heavy atom. The van der Waals surface area contributed by atoms with Crippen molar-refractivity contribution in [1.29, 1.82) is 0 Å². The number of anilines is 1. The summed E-state index contributed by atoms with van der Waals surface area (Å²) in [7, 11) is 0. The first-order valence-electron chi connectivity index (χ1n) is 6.63. The summed E-state index contributed by atoms with van der Waals surface area (Å²) < 4.78 is 0. The zero-order chi connectivity index (χ0) is 13.2. The van der Waals surface area contributed by atoms with E-state index in [4.69, 9.17) is 0 Å². The number of carboxylic acids is 1. The maximum absolute atomic E-state index is 11.4. The molecule has 98 valence electrons. The average molecular weight is 247 g/mol. The van der Waals surface area contributed by atoms with Gasteiger partial charge in [0, 0.05) is 18.8 Å². The number of benzene rings is 1. The normalized spacial score (nSPS) is 24.0. The minimum atomic E-state index is -0.679. The van der Waals surface area contributed by atoms with Gasteiger partial charge in [-0.15, -0.1) is 0 Å². The van der Waals surface area contributed by atoms with Crippen LogP contribution in [0.5, 0.6) is 0 Å². The zero-order valence-electron chi connectivity index (χ0n) is 11.1. The highest BCUT2D eigenvalue weighted by molar-refractivity contribution is 5.75. The van der Waals surface area contributed by atoms with E-state index >= 15 is 0 Å². The second kappa shape index (κ2) is 5.01. The van der Waals surface area contributed by atoms with E-state index in [1.54, 1.807) is 0 Å². The smallest absolute Gasteiger partial charge is 0.311 e. The van der Waals surface area contributed by atoms with Gasteiger partial charge in [-0.25, -0.2) is 0 Å². The molecule has 3 heteroatoms. The molecule has 0 spiro atoms. The van der Waals surface area contributed by atoms with Crippen molar-refractivity contribution in [3.63, 3.8) is 0 Å². The zero-order valence-corrected chi connectivity index (χ0v) is 11.1. The minimum Gasteiger partial charge on any atom is -0.481 e. The topological polar surface area (TPSA) is 40.5 Å². The number of hydrogen-bond donors (Lipinski definition) is 1. The molecule has 0 aliphatic carbocycles. The predicted octanol–water partition coefficient (Wildman–Crippen LogP) is 2.94. The maximum atomic E-state index is 11.4. The van der Waals surface area contributed by atoms with Gasteiger partial charge in [0.1, 0.15) is 0 Å². The molecule has 1 aromatic carbocycles. The van der Waals surface area contributed by atoms with Crippen LogP contribution < -0.4 is 4.90 Å². The number of aliphatic carboxylic acids is 1. The second-order valence-corrected chi connectivity index (χ2v) is 5.37. The van der Waals surface area contributed by atoms with Crippen molar-refractivity contribution >= 4 is 11.7 Å². The molecule has 1 saturated heterocycles. The molecule has 2 rings (SSSR count). The van der Waals surface area contributed by atoms with Crippen molar-refractivity contribution < 1.29 is 9.90 Å². The molecule has 1 aliphatic rings. The Kier molecular flexibility index (Phi) is 3.60. The number of piperidine rings is 1. The molecular weight excluding hydrogens is 226 g/mol. The molecule has 1 atom stereocenters. The SMILES string of the molecule is CCc1ccccc1N1CCCC(C)(C(=O)O)C1. The van der Waals surface area contributed by atoms with Gasteiger partial charge in [0.25, 0.3) is 0 Å². The Morgan fingerprint density at radius 2 is 2.17 bits per heavy atom. The fourth-order valence-corrected chi connectivity index (χ4v) is 2.74. The Hall–Kier alpha value is -1.51. The molecule has 0 aromatic heterocycles. The van der Waals surface area contributed by atoms with Crippen molar-refractivity contribution in [2.45, 2.75) is 33.1 Å². The summed E-state index contributed by atoms with van der Waals surface area (Å²) in [6.07, 6.45) is 2.70. The Bertz CT molecular complexity index is 444. The van der Waals surface area contributed by atoms with Crippen LogP contribution in [0, 0.1) is 5.41 Å². The number of nitrogens with zero attached hydrogens (tertiary/aromatic N) is 1. The van der Waals surface area contributed by atoms with Crippen molar-refractivity contribution in [2.24, 2.45) is 5.41 Å². The van der Waals surface area contributed by atoms with Crippen LogP contribution in [0.15, 0.2) is 24.3 Å². The van der Waals surface area contributed by atoms with E-state index in [1.165, 1.54) is 11.3 Å². The van der Waals surface area contributed by atoms with Crippen molar-refractivity contribution in [1.82, 2.24) is 0 Å². The molecule has 0 radical (unpaired) electrons. The molecule has 1 unspecified atom stereocenters. The van der Waals surface area contributed by atoms with E-state index in [0.717, 1.165) is 25.8 Å². The van der Waals surface area contributed by atoms with Crippen LogP contribution in [0.2, 0.25) is 0 Å². The summed E-state index contributed by atoms with van der Waals surface area (Å²) in [4.78, 5) is 13.6. The summed E-state index contributed by atoms with van der Waals surface area (Å²) in [5, 5.41) is 9.36. The summed E-state index contributed by atoms with van der Waals surface area (Å²) in [6.45, 7) is 5.56. The lowest BCUT2D eigenvalue weighted by molar-refractivity contribution is -0.148. The monoisotopic (exact) mass is 247 g/mol. The van der Waals surface area contributed by atoms with Gasteiger partial charge in [0.2, 0.25) is 0 Å². The molecule has 1 heterocycles. The fourth-order valence-electron chi connectivity index (χ4n) is 2.74. The number of carboxylic acid groups (broad SMARTS) is 1. The van der Waals surface area contributed by atoms with E-state index in [1.807, 2.05) is 19.1 Å². The van der Waals surface area contributed by atoms with Crippen LogP contribution in [0.25, 0.3) is 0 Å². The van der Waals surface area contributed by atoms with Crippen LogP contribution in [0.1, 0.15) is 32.3 Å². The quantitative estimate of drug-likeness (QED) is 0.892.